The van der Waals surface area contributed by atoms with Crippen molar-refractivity contribution in [3.8, 4) is 11.5 Å². The molecule has 2 amide bonds. The molecule has 2 aromatic carbocycles. The molecule has 8 heteroatoms. The van der Waals surface area contributed by atoms with Crippen molar-refractivity contribution >= 4 is 6.03 Å². The van der Waals surface area contributed by atoms with E-state index in [-0.39, 0.29) is 17.7 Å². The Kier molecular flexibility index (Phi) is 7.30. The lowest BCUT2D eigenvalue weighted by Crippen LogP contribution is -2.47. The van der Waals surface area contributed by atoms with Gasteiger partial charge in [-0.25, -0.2) is 4.79 Å². The maximum atomic E-state index is 13.3. The third kappa shape index (κ3) is 5.83. The molecule has 168 valence electrons. The largest absolute Gasteiger partial charge is 0.490 e. The summed E-state index contributed by atoms with van der Waals surface area (Å²) in [6.07, 6.45) is -3.28. The minimum Gasteiger partial charge on any atom is -0.490 e. The van der Waals surface area contributed by atoms with Crippen molar-refractivity contribution in [2.24, 2.45) is 0 Å². The van der Waals surface area contributed by atoms with E-state index < -0.39 is 17.8 Å². The Morgan fingerprint density at radius 2 is 1.71 bits per heavy atom. The SMILES string of the molecule is CCOc1ccccc1OC1CCN(C(=O)NC(C)c2ccccc2C(F)(F)F)CC1. The summed E-state index contributed by atoms with van der Waals surface area (Å²) in [5, 5.41) is 2.69. The van der Waals surface area contributed by atoms with Crippen molar-refractivity contribution in [1.82, 2.24) is 10.2 Å². The number of nitrogens with zero attached hydrogens (tertiary/aromatic N) is 1. The Bertz CT molecular complexity index is 880. The number of para-hydroxylation sites is 2. The first-order valence-electron chi connectivity index (χ1n) is 10.4. The van der Waals surface area contributed by atoms with Crippen molar-refractivity contribution in [3.05, 3.63) is 59.7 Å². The second-order valence-corrected chi connectivity index (χ2v) is 7.44. The minimum absolute atomic E-state index is 0.0501. The second kappa shape index (κ2) is 9.94. The topological polar surface area (TPSA) is 50.8 Å². The molecule has 0 aliphatic carbocycles. The molecular weight excluding hydrogens is 409 g/mol. The monoisotopic (exact) mass is 436 g/mol. The van der Waals surface area contributed by atoms with E-state index in [2.05, 4.69) is 5.32 Å². The number of alkyl halides is 3. The predicted molar refractivity (Wildman–Crippen MR) is 111 cm³/mol. The third-order valence-electron chi connectivity index (χ3n) is 5.24. The summed E-state index contributed by atoms with van der Waals surface area (Å²) in [6.45, 7) is 4.92. The summed E-state index contributed by atoms with van der Waals surface area (Å²) in [7, 11) is 0. The van der Waals surface area contributed by atoms with Gasteiger partial charge in [-0.05, 0) is 37.6 Å². The first kappa shape index (κ1) is 22.8. The van der Waals surface area contributed by atoms with Crippen LogP contribution in [0.4, 0.5) is 18.0 Å². The fraction of sp³-hybridized carbons (Fsp3) is 0.435. The minimum atomic E-state index is -4.47. The van der Waals surface area contributed by atoms with Crippen LogP contribution in [0.3, 0.4) is 0 Å². The van der Waals surface area contributed by atoms with Gasteiger partial charge >= 0.3 is 12.2 Å². The van der Waals surface area contributed by atoms with E-state index in [1.807, 2.05) is 31.2 Å². The molecule has 0 aromatic heterocycles. The molecule has 5 nitrogen and oxygen atoms in total. The van der Waals surface area contributed by atoms with Crippen LogP contribution < -0.4 is 14.8 Å². The number of carbonyl (C=O) groups excluding carboxylic acids is 1. The number of ether oxygens (including phenoxy) is 2. The van der Waals surface area contributed by atoms with Crippen LogP contribution in [0.25, 0.3) is 0 Å². The maximum absolute atomic E-state index is 13.3. The van der Waals surface area contributed by atoms with Gasteiger partial charge in [0.15, 0.2) is 11.5 Å². The smallest absolute Gasteiger partial charge is 0.416 e. The fourth-order valence-electron chi connectivity index (χ4n) is 3.67. The van der Waals surface area contributed by atoms with E-state index in [0.717, 1.165) is 6.07 Å². The van der Waals surface area contributed by atoms with Gasteiger partial charge in [-0.3, -0.25) is 0 Å². The summed E-state index contributed by atoms with van der Waals surface area (Å²) in [4.78, 5) is 14.2. The molecule has 1 fully saturated rings. The molecule has 0 spiro atoms. The normalized spacial score (nSPS) is 16.0. The van der Waals surface area contributed by atoms with E-state index in [1.54, 1.807) is 11.8 Å². The predicted octanol–water partition coefficient (Wildman–Crippen LogP) is 5.42. The number of nitrogens with one attached hydrogen (secondary N) is 1. The molecule has 0 saturated carbocycles. The first-order chi connectivity index (χ1) is 14.8. The van der Waals surface area contributed by atoms with E-state index in [0.29, 0.717) is 44.0 Å². The van der Waals surface area contributed by atoms with Gasteiger partial charge in [0.05, 0.1) is 18.2 Å². The summed E-state index contributed by atoms with van der Waals surface area (Å²) in [6, 6.07) is 11.6. The molecule has 1 aliphatic heterocycles. The molecule has 31 heavy (non-hydrogen) atoms. The van der Waals surface area contributed by atoms with E-state index in [4.69, 9.17) is 9.47 Å². The number of piperidine rings is 1. The maximum Gasteiger partial charge on any atom is 0.416 e. The Labute approximate surface area is 180 Å². The van der Waals surface area contributed by atoms with Gasteiger partial charge in [-0.15, -0.1) is 0 Å². The highest BCUT2D eigenvalue weighted by molar-refractivity contribution is 5.75. The number of urea groups is 1. The lowest BCUT2D eigenvalue weighted by atomic mass is 10.0. The van der Waals surface area contributed by atoms with Crippen LogP contribution in [0.1, 0.15) is 43.9 Å². The van der Waals surface area contributed by atoms with Gasteiger partial charge in [0.2, 0.25) is 0 Å². The van der Waals surface area contributed by atoms with Crippen LogP contribution in [0.5, 0.6) is 11.5 Å². The number of benzene rings is 2. The van der Waals surface area contributed by atoms with Gasteiger partial charge < -0.3 is 19.7 Å². The van der Waals surface area contributed by atoms with Crippen molar-refractivity contribution in [2.45, 2.75) is 45.0 Å². The quantitative estimate of drug-likeness (QED) is 0.658. The van der Waals surface area contributed by atoms with Gasteiger partial charge in [-0.1, -0.05) is 30.3 Å². The molecule has 1 atom stereocenters. The van der Waals surface area contributed by atoms with E-state index in [9.17, 15) is 18.0 Å². The van der Waals surface area contributed by atoms with E-state index in [1.165, 1.54) is 18.2 Å². The molecule has 1 heterocycles. The third-order valence-corrected chi connectivity index (χ3v) is 5.24. The summed E-state index contributed by atoms with van der Waals surface area (Å²) >= 11 is 0. The molecule has 1 saturated heterocycles. The van der Waals surface area contributed by atoms with Gasteiger partial charge in [-0.2, -0.15) is 13.2 Å². The van der Waals surface area contributed by atoms with Gasteiger partial charge in [0.25, 0.3) is 0 Å². The lowest BCUT2D eigenvalue weighted by Gasteiger charge is -2.33. The number of hydrogen-bond acceptors (Lipinski definition) is 3. The number of hydrogen-bond donors (Lipinski definition) is 1. The Hall–Kier alpha value is -2.90. The van der Waals surface area contributed by atoms with Gasteiger partial charge in [0, 0.05) is 25.9 Å². The summed E-state index contributed by atoms with van der Waals surface area (Å²) < 4.78 is 51.4. The van der Waals surface area contributed by atoms with Crippen molar-refractivity contribution in [3.63, 3.8) is 0 Å². The second-order valence-electron chi connectivity index (χ2n) is 7.44. The number of likely N-dealkylation sites (tertiary alicyclic amines) is 1. The highest BCUT2D eigenvalue weighted by Crippen LogP contribution is 2.34. The highest BCUT2D eigenvalue weighted by atomic mass is 19.4. The lowest BCUT2D eigenvalue weighted by molar-refractivity contribution is -0.138. The van der Waals surface area contributed by atoms with Crippen molar-refractivity contribution in [1.29, 1.82) is 0 Å². The van der Waals surface area contributed by atoms with Crippen LogP contribution in [0, 0.1) is 0 Å². The fourth-order valence-corrected chi connectivity index (χ4v) is 3.67. The summed E-state index contributed by atoms with van der Waals surface area (Å²) in [5.41, 5.74) is -0.683. The Morgan fingerprint density at radius 1 is 1.10 bits per heavy atom. The zero-order valence-corrected chi connectivity index (χ0v) is 17.6. The first-order valence-corrected chi connectivity index (χ1v) is 10.4. The molecule has 0 bridgehead atoms. The van der Waals surface area contributed by atoms with Crippen LogP contribution >= 0.6 is 0 Å². The van der Waals surface area contributed by atoms with Gasteiger partial charge in [0.1, 0.15) is 6.10 Å². The van der Waals surface area contributed by atoms with Crippen LogP contribution in [0.2, 0.25) is 0 Å². The molecular formula is C23H27F3N2O3. The summed E-state index contributed by atoms with van der Waals surface area (Å²) in [5.74, 6) is 1.35. The van der Waals surface area contributed by atoms with Crippen LogP contribution in [0.15, 0.2) is 48.5 Å². The molecule has 0 radical (unpaired) electrons. The molecule has 1 aliphatic rings. The van der Waals surface area contributed by atoms with Crippen LogP contribution in [-0.2, 0) is 6.18 Å². The Morgan fingerprint density at radius 3 is 2.35 bits per heavy atom. The number of rotatable bonds is 6. The standard InChI is InChI=1S/C23H27F3N2O3/c1-3-30-20-10-6-7-11-21(20)31-17-12-14-28(15-13-17)22(29)27-16(2)18-8-4-5-9-19(18)23(24,25)26/h4-11,16-17H,3,12-15H2,1-2H3,(H,27,29). The Balaban J connectivity index is 1.55. The average molecular weight is 436 g/mol. The highest BCUT2D eigenvalue weighted by Gasteiger charge is 2.35. The zero-order chi connectivity index (χ0) is 22.4. The number of amides is 2. The number of carbonyl (C=O) groups is 1. The van der Waals surface area contributed by atoms with Crippen LogP contribution in [-0.4, -0.2) is 36.7 Å². The number of halogens is 3. The molecule has 1 unspecified atom stereocenters. The van der Waals surface area contributed by atoms with Crippen molar-refractivity contribution < 1.29 is 27.4 Å². The van der Waals surface area contributed by atoms with E-state index >= 15 is 0 Å². The van der Waals surface area contributed by atoms with Crippen molar-refractivity contribution in [2.75, 3.05) is 19.7 Å². The molecule has 3 rings (SSSR count). The molecule has 2 aromatic rings. The average Bonchev–Trinajstić information content (AvgIpc) is 2.75. The molecule has 1 N–H and O–H groups in total. The zero-order valence-electron chi connectivity index (χ0n) is 17.6.